The minimum Gasteiger partial charge on any atom is -0.491 e. The third-order valence-corrected chi connectivity index (χ3v) is 4.69. The number of hydrogen-bond acceptors (Lipinski definition) is 7. The first-order valence-electron chi connectivity index (χ1n) is 10.2. The molecule has 3 amide bonds. The number of rotatable bonds is 7. The largest absolute Gasteiger partial charge is 0.491 e. The molecule has 0 atom stereocenters. The van der Waals surface area contributed by atoms with Crippen LogP contribution in [0.1, 0.15) is 29.9 Å². The van der Waals surface area contributed by atoms with Crippen molar-refractivity contribution in [3.63, 3.8) is 0 Å². The lowest BCUT2D eigenvalue weighted by Gasteiger charge is -2.21. The number of fused-ring (bicyclic) bond motifs is 1. The third kappa shape index (κ3) is 5.37. The molecular weight excluding hydrogens is 428 g/mol. The van der Waals surface area contributed by atoms with Crippen molar-refractivity contribution >= 4 is 40.3 Å². The van der Waals surface area contributed by atoms with Crippen LogP contribution in [0, 0.1) is 6.92 Å². The van der Waals surface area contributed by atoms with E-state index in [9.17, 15) is 19.5 Å². The Balaban J connectivity index is 1.88. The van der Waals surface area contributed by atoms with Crippen LogP contribution in [0.5, 0.6) is 5.75 Å². The number of aromatic nitrogens is 3. The van der Waals surface area contributed by atoms with Crippen molar-refractivity contribution in [1.29, 1.82) is 0 Å². The van der Waals surface area contributed by atoms with Gasteiger partial charge in [-0.15, -0.1) is 0 Å². The molecular formula is C22H26N6O5. The lowest BCUT2D eigenvalue weighted by atomic mass is 10.1. The number of benzene rings is 1. The third-order valence-electron chi connectivity index (χ3n) is 4.69. The zero-order valence-electron chi connectivity index (χ0n) is 19.0. The van der Waals surface area contributed by atoms with Gasteiger partial charge < -0.3 is 20.1 Å². The van der Waals surface area contributed by atoms with Gasteiger partial charge in [-0.1, -0.05) is 6.07 Å². The topological polar surface area (TPSA) is 139 Å². The van der Waals surface area contributed by atoms with Gasteiger partial charge >= 0.3 is 12.0 Å². The molecule has 0 fully saturated rings. The van der Waals surface area contributed by atoms with E-state index in [2.05, 4.69) is 20.7 Å². The highest BCUT2D eigenvalue weighted by molar-refractivity contribution is 6.14. The number of carbonyl (C=O) groups is 3. The lowest BCUT2D eigenvalue weighted by Crippen LogP contribution is -2.36. The summed E-state index contributed by atoms with van der Waals surface area (Å²) in [6.45, 7) is 5.16. The molecule has 0 saturated heterocycles. The Morgan fingerprint density at radius 1 is 1.27 bits per heavy atom. The van der Waals surface area contributed by atoms with E-state index in [-0.39, 0.29) is 18.2 Å². The molecule has 0 saturated carbocycles. The molecule has 0 bridgehead atoms. The van der Waals surface area contributed by atoms with E-state index in [1.807, 2.05) is 13.8 Å². The number of pyridine rings is 1. The number of urea groups is 1. The highest BCUT2D eigenvalue weighted by atomic mass is 16.5. The van der Waals surface area contributed by atoms with Crippen LogP contribution in [0.25, 0.3) is 11.0 Å². The van der Waals surface area contributed by atoms with Gasteiger partial charge in [0, 0.05) is 32.0 Å². The summed E-state index contributed by atoms with van der Waals surface area (Å²) in [5.74, 6) is -1.23. The molecule has 0 aliphatic heterocycles. The van der Waals surface area contributed by atoms with Gasteiger partial charge in [0.05, 0.1) is 28.4 Å². The second kappa shape index (κ2) is 9.55. The average Bonchev–Trinajstić information content (AvgIpc) is 3.00. The summed E-state index contributed by atoms with van der Waals surface area (Å²) in [7, 11) is 3.25. The van der Waals surface area contributed by atoms with Gasteiger partial charge in [0.15, 0.2) is 5.65 Å². The minimum absolute atomic E-state index is 0.0322. The Bertz CT molecular complexity index is 1220. The van der Waals surface area contributed by atoms with E-state index in [1.165, 1.54) is 11.1 Å². The van der Waals surface area contributed by atoms with Crippen molar-refractivity contribution in [3.05, 3.63) is 41.7 Å². The van der Waals surface area contributed by atoms with Crippen molar-refractivity contribution in [2.24, 2.45) is 7.05 Å². The number of carbonyl (C=O) groups excluding carboxylic acids is 2. The van der Waals surface area contributed by atoms with Crippen LogP contribution >= 0.6 is 0 Å². The highest BCUT2D eigenvalue weighted by Gasteiger charge is 2.24. The zero-order chi connectivity index (χ0) is 24.3. The van der Waals surface area contributed by atoms with Gasteiger partial charge in [0.25, 0.3) is 5.91 Å². The summed E-state index contributed by atoms with van der Waals surface area (Å²) in [6.07, 6.45) is 1.27. The second-order valence-corrected chi connectivity index (χ2v) is 7.78. The number of likely N-dealkylation sites (N-methyl/N-ethyl adjacent to an activating group) is 1. The van der Waals surface area contributed by atoms with E-state index in [1.54, 1.807) is 50.0 Å². The first kappa shape index (κ1) is 23.5. The number of hydrogen-bond donors (Lipinski definition) is 3. The van der Waals surface area contributed by atoms with Crippen LogP contribution in [0.15, 0.2) is 30.5 Å². The fraction of sp³-hybridized carbons (Fsp3) is 0.318. The summed E-state index contributed by atoms with van der Waals surface area (Å²) in [5, 5.41) is 19.0. The predicted molar refractivity (Wildman–Crippen MR) is 123 cm³/mol. The molecule has 3 N–H and O–H groups in total. The second-order valence-electron chi connectivity index (χ2n) is 7.78. The van der Waals surface area contributed by atoms with Crippen molar-refractivity contribution in [2.45, 2.75) is 26.9 Å². The van der Waals surface area contributed by atoms with Crippen molar-refractivity contribution in [1.82, 2.24) is 20.1 Å². The van der Waals surface area contributed by atoms with Crippen LogP contribution in [-0.2, 0) is 11.8 Å². The zero-order valence-corrected chi connectivity index (χ0v) is 19.0. The van der Waals surface area contributed by atoms with Gasteiger partial charge in [-0.3, -0.25) is 19.6 Å². The van der Waals surface area contributed by atoms with Gasteiger partial charge in [0.2, 0.25) is 0 Å². The predicted octanol–water partition coefficient (Wildman–Crippen LogP) is 2.55. The fourth-order valence-electron chi connectivity index (χ4n) is 3.49. The Hall–Kier alpha value is -4.15. The number of nitrogens with one attached hydrogen (secondary N) is 2. The Kier molecular flexibility index (Phi) is 6.80. The monoisotopic (exact) mass is 454 g/mol. The smallest absolute Gasteiger partial charge is 0.326 e. The number of aryl methyl sites for hydroxylation is 2. The van der Waals surface area contributed by atoms with Gasteiger partial charge in [-0.2, -0.15) is 5.10 Å². The summed E-state index contributed by atoms with van der Waals surface area (Å²) >= 11 is 0. The van der Waals surface area contributed by atoms with Crippen molar-refractivity contribution in [2.75, 3.05) is 23.8 Å². The van der Waals surface area contributed by atoms with Crippen molar-refractivity contribution in [3.8, 4) is 5.75 Å². The Labute approximate surface area is 190 Å². The van der Waals surface area contributed by atoms with Crippen LogP contribution in [0.3, 0.4) is 0 Å². The number of anilines is 2. The number of aliphatic carboxylic acids is 1. The van der Waals surface area contributed by atoms with Gasteiger partial charge in [0.1, 0.15) is 12.3 Å². The summed E-state index contributed by atoms with van der Waals surface area (Å²) in [4.78, 5) is 42.5. The molecule has 0 spiro atoms. The quantitative estimate of drug-likeness (QED) is 0.495. The number of amides is 3. The molecule has 1 aromatic carbocycles. The lowest BCUT2D eigenvalue weighted by molar-refractivity contribution is -0.135. The molecule has 0 unspecified atom stereocenters. The normalized spacial score (nSPS) is 10.8. The van der Waals surface area contributed by atoms with Crippen LogP contribution in [-0.4, -0.2) is 57.5 Å². The maximum Gasteiger partial charge on any atom is 0.326 e. The Morgan fingerprint density at radius 3 is 2.67 bits per heavy atom. The number of carboxylic acids is 1. The SMILES string of the molecule is Cc1nn(C)c2ncc(C(=O)NC(=O)Nc3cccc(OC(C)C)c3)c(N(C)CC(=O)O)c12. The molecule has 174 valence electrons. The average molecular weight is 454 g/mol. The number of ether oxygens (including phenoxy) is 1. The van der Waals surface area contributed by atoms with E-state index in [0.717, 1.165) is 0 Å². The number of imide groups is 1. The highest BCUT2D eigenvalue weighted by Crippen LogP contribution is 2.31. The molecule has 3 aromatic rings. The minimum atomic E-state index is -1.07. The van der Waals surface area contributed by atoms with E-state index in [0.29, 0.717) is 33.9 Å². The first-order chi connectivity index (χ1) is 15.6. The molecule has 11 nitrogen and oxygen atoms in total. The standard InChI is InChI=1S/C22H26N6O5/c1-12(2)33-15-8-6-7-14(9-15)24-22(32)25-21(31)16-10-23-20-18(13(3)26-28(20)5)19(16)27(4)11-17(29)30/h6-10,12H,11H2,1-5H3,(H,29,30)(H2,24,25,31,32). The van der Waals surface area contributed by atoms with Crippen LogP contribution in [0.4, 0.5) is 16.2 Å². The fourth-order valence-corrected chi connectivity index (χ4v) is 3.49. The maximum absolute atomic E-state index is 13.0. The molecule has 2 aromatic heterocycles. The maximum atomic E-state index is 13.0. The van der Waals surface area contributed by atoms with Gasteiger partial charge in [-0.05, 0) is 32.9 Å². The summed E-state index contributed by atoms with van der Waals surface area (Å²) in [5.41, 5.74) is 1.88. The van der Waals surface area contributed by atoms with Gasteiger partial charge in [-0.25, -0.2) is 9.78 Å². The van der Waals surface area contributed by atoms with Crippen molar-refractivity contribution < 1.29 is 24.2 Å². The Morgan fingerprint density at radius 2 is 2.00 bits per heavy atom. The molecule has 2 heterocycles. The van der Waals surface area contributed by atoms with E-state index < -0.39 is 17.9 Å². The molecule has 3 rings (SSSR count). The summed E-state index contributed by atoms with van der Waals surface area (Å²) < 4.78 is 7.15. The van der Waals surface area contributed by atoms with E-state index in [4.69, 9.17) is 4.74 Å². The number of nitrogens with zero attached hydrogens (tertiary/aromatic N) is 4. The number of carboxylic acid groups (broad SMARTS) is 1. The van der Waals surface area contributed by atoms with Crippen LogP contribution in [0.2, 0.25) is 0 Å². The molecule has 0 radical (unpaired) electrons. The molecule has 0 aliphatic carbocycles. The summed E-state index contributed by atoms with van der Waals surface area (Å²) in [6, 6.07) is 6.03. The van der Waals surface area contributed by atoms with E-state index >= 15 is 0 Å². The molecule has 0 aliphatic rings. The first-order valence-corrected chi connectivity index (χ1v) is 10.2. The molecule has 11 heteroatoms. The molecule has 33 heavy (non-hydrogen) atoms. The van der Waals surface area contributed by atoms with Crippen LogP contribution < -0.4 is 20.3 Å².